The summed E-state index contributed by atoms with van der Waals surface area (Å²) < 4.78 is 10.0. The quantitative estimate of drug-likeness (QED) is 0.738. The smallest absolute Gasteiger partial charge is 0.408 e. The van der Waals surface area contributed by atoms with Crippen molar-refractivity contribution in [1.82, 2.24) is 15.5 Å². The van der Waals surface area contributed by atoms with Gasteiger partial charge in [-0.1, -0.05) is 30.3 Å². The van der Waals surface area contributed by atoms with E-state index in [-0.39, 0.29) is 6.61 Å². The summed E-state index contributed by atoms with van der Waals surface area (Å²) in [6, 6.07) is 9.59. The number of nitrogens with one attached hydrogen (secondary N) is 2. The highest BCUT2D eigenvalue weighted by atomic mass is 16.6. The lowest BCUT2D eigenvalue weighted by Crippen LogP contribution is -2.53. The van der Waals surface area contributed by atoms with Crippen LogP contribution in [-0.2, 0) is 20.9 Å². The Morgan fingerprint density at radius 2 is 2.17 bits per heavy atom. The topological polar surface area (TPSA) is 79.9 Å². The number of alkyl carbamates (subject to hydrolysis) is 1. The molecule has 2 heterocycles. The number of methoxy groups -OCH3 is 1. The molecule has 0 unspecified atom stereocenters. The van der Waals surface area contributed by atoms with Crippen LogP contribution in [0.5, 0.6) is 0 Å². The predicted octanol–water partition coefficient (Wildman–Crippen LogP) is 0.501. The molecule has 2 fully saturated rings. The highest BCUT2D eigenvalue weighted by Gasteiger charge is 2.39. The lowest BCUT2D eigenvalue weighted by Gasteiger charge is -2.30. The molecule has 0 radical (unpaired) electrons. The molecule has 0 saturated carbocycles. The van der Waals surface area contributed by atoms with Gasteiger partial charge in [0.05, 0.1) is 7.11 Å². The van der Waals surface area contributed by atoms with Gasteiger partial charge in [0.2, 0.25) is 0 Å². The van der Waals surface area contributed by atoms with Crippen LogP contribution in [0.1, 0.15) is 12.0 Å². The molecule has 0 aliphatic carbocycles. The minimum absolute atomic E-state index is 0.166. The lowest BCUT2D eigenvalue weighted by atomic mass is 10.2. The number of rotatable bonds is 6. The van der Waals surface area contributed by atoms with E-state index in [0.29, 0.717) is 18.6 Å². The van der Waals surface area contributed by atoms with E-state index < -0.39 is 18.1 Å². The van der Waals surface area contributed by atoms with Gasteiger partial charge in [-0.3, -0.25) is 4.90 Å². The summed E-state index contributed by atoms with van der Waals surface area (Å²) in [5.74, 6) is -0.456. The summed E-state index contributed by atoms with van der Waals surface area (Å²) >= 11 is 0. The molecule has 2 aliphatic rings. The van der Waals surface area contributed by atoms with Crippen LogP contribution >= 0.6 is 0 Å². The minimum atomic E-state index is -0.724. The van der Waals surface area contributed by atoms with Gasteiger partial charge < -0.3 is 20.1 Å². The highest BCUT2D eigenvalue weighted by molar-refractivity contribution is 5.81. The van der Waals surface area contributed by atoms with Crippen LogP contribution in [0.15, 0.2) is 30.3 Å². The van der Waals surface area contributed by atoms with Crippen LogP contribution < -0.4 is 10.6 Å². The SMILES string of the molecule is COC(=O)[C@H](CN1C[C@@H]2C[C@H]1CN2)NC(=O)OCc1ccccc1. The lowest BCUT2D eigenvalue weighted by molar-refractivity contribution is -0.143. The van der Waals surface area contributed by atoms with Crippen molar-refractivity contribution < 1.29 is 19.1 Å². The van der Waals surface area contributed by atoms with Crippen LogP contribution in [-0.4, -0.2) is 61.8 Å². The zero-order valence-corrected chi connectivity index (χ0v) is 13.7. The van der Waals surface area contributed by atoms with Crippen molar-refractivity contribution in [2.45, 2.75) is 31.2 Å². The molecule has 3 rings (SSSR count). The van der Waals surface area contributed by atoms with Crippen LogP contribution in [0, 0.1) is 0 Å². The van der Waals surface area contributed by atoms with E-state index in [4.69, 9.17) is 9.47 Å². The fraction of sp³-hybridized carbons (Fsp3) is 0.529. The number of carbonyl (C=O) groups excluding carboxylic acids is 2. The average molecular weight is 333 g/mol. The fourth-order valence-corrected chi connectivity index (χ4v) is 3.33. The molecule has 2 saturated heterocycles. The van der Waals surface area contributed by atoms with E-state index in [1.807, 2.05) is 30.3 Å². The van der Waals surface area contributed by atoms with E-state index in [0.717, 1.165) is 25.1 Å². The summed E-state index contributed by atoms with van der Waals surface area (Å²) in [4.78, 5) is 26.2. The van der Waals surface area contributed by atoms with Gasteiger partial charge in [0.25, 0.3) is 0 Å². The zero-order chi connectivity index (χ0) is 16.9. The normalized spacial score (nSPS) is 23.7. The Morgan fingerprint density at radius 3 is 2.79 bits per heavy atom. The first-order valence-corrected chi connectivity index (χ1v) is 8.18. The summed E-state index contributed by atoms with van der Waals surface area (Å²) in [6.07, 6.45) is 0.475. The maximum atomic E-state index is 12.0. The average Bonchev–Trinajstić information content (AvgIpc) is 3.22. The van der Waals surface area contributed by atoms with Crippen molar-refractivity contribution in [3.05, 3.63) is 35.9 Å². The maximum absolute atomic E-state index is 12.0. The fourth-order valence-electron chi connectivity index (χ4n) is 3.33. The van der Waals surface area contributed by atoms with E-state index in [9.17, 15) is 9.59 Å². The Bertz CT molecular complexity index is 580. The van der Waals surface area contributed by atoms with E-state index in [1.54, 1.807) is 0 Å². The standard InChI is InChI=1S/C17H23N3O4/c1-23-16(21)15(10-20-9-13-7-14(20)8-18-13)19-17(22)24-11-12-5-3-2-4-6-12/h2-6,13-15,18H,7-11H2,1H3,(H,19,22)/t13-,14-,15-/m0/s1. The second-order valence-corrected chi connectivity index (χ2v) is 6.23. The first kappa shape index (κ1) is 16.7. The van der Waals surface area contributed by atoms with E-state index >= 15 is 0 Å². The van der Waals surface area contributed by atoms with Gasteiger partial charge in [0, 0.05) is 31.7 Å². The first-order valence-electron chi connectivity index (χ1n) is 8.18. The number of ether oxygens (including phenoxy) is 2. The Morgan fingerprint density at radius 1 is 1.38 bits per heavy atom. The number of nitrogens with zero attached hydrogens (tertiary/aromatic N) is 1. The molecule has 7 nitrogen and oxygen atoms in total. The molecule has 1 aromatic carbocycles. The van der Waals surface area contributed by atoms with Gasteiger partial charge in [-0.05, 0) is 12.0 Å². The van der Waals surface area contributed by atoms with Gasteiger partial charge in [-0.2, -0.15) is 0 Å². The van der Waals surface area contributed by atoms with Crippen molar-refractivity contribution >= 4 is 12.1 Å². The Hall–Kier alpha value is -2.12. The summed E-state index contributed by atoms with van der Waals surface area (Å²) in [5.41, 5.74) is 0.894. The van der Waals surface area contributed by atoms with Crippen molar-refractivity contribution in [3.8, 4) is 0 Å². The van der Waals surface area contributed by atoms with Crippen molar-refractivity contribution in [1.29, 1.82) is 0 Å². The highest BCUT2D eigenvalue weighted by Crippen LogP contribution is 2.23. The molecule has 130 valence electrons. The van der Waals surface area contributed by atoms with E-state index in [2.05, 4.69) is 15.5 Å². The van der Waals surface area contributed by atoms with Crippen LogP contribution in [0.2, 0.25) is 0 Å². The number of esters is 1. The number of hydrogen-bond acceptors (Lipinski definition) is 6. The molecule has 24 heavy (non-hydrogen) atoms. The van der Waals surface area contributed by atoms with Gasteiger partial charge in [-0.15, -0.1) is 0 Å². The molecular formula is C17H23N3O4. The van der Waals surface area contributed by atoms with Crippen LogP contribution in [0.4, 0.5) is 4.79 Å². The number of amides is 1. The third kappa shape index (κ3) is 4.04. The van der Waals surface area contributed by atoms with Gasteiger partial charge in [0.1, 0.15) is 12.6 Å². The summed E-state index contributed by atoms with van der Waals surface area (Å²) in [5, 5.41) is 6.04. The van der Waals surface area contributed by atoms with Gasteiger partial charge in [0.15, 0.2) is 0 Å². The van der Waals surface area contributed by atoms with Gasteiger partial charge >= 0.3 is 12.1 Å². The maximum Gasteiger partial charge on any atom is 0.408 e. The molecule has 1 aromatic rings. The molecule has 2 bridgehead atoms. The molecule has 7 heteroatoms. The third-order valence-electron chi connectivity index (χ3n) is 4.58. The van der Waals surface area contributed by atoms with Crippen molar-refractivity contribution in [2.75, 3.05) is 26.7 Å². The first-order chi connectivity index (χ1) is 11.7. The molecule has 0 spiro atoms. The van der Waals surface area contributed by atoms with Crippen LogP contribution in [0.3, 0.4) is 0 Å². The third-order valence-corrected chi connectivity index (χ3v) is 4.58. The summed E-state index contributed by atoms with van der Waals surface area (Å²) in [7, 11) is 1.32. The summed E-state index contributed by atoms with van der Waals surface area (Å²) in [6.45, 7) is 2.42. The largest absolute Gasteiger partial charge is 0.467 e. The Kier molecular flexibility index (Phi) is 5.32. The monoisotopic (exact) mass is 333 g/mol. The van der Waals surface area contributed by atoms with Gasteiger partial charge in [-0.25, -0.2) is 9.59 Å². The predicted molar refractivity (Wildman–Crippen MR) is 87.3 cm³/mol. The van der Waals surface area contributed by atoms with Crippen molar-refractivity contribution in [3.63, 3.8) is 0 Å². The number of carbonyl (C=O) groups is 2. The molecule has 3 atom stereocenters. The molecule has 2 N–H and O–H groups in total. The second-order valence-electron chi connectivity index (χ2n) is 6.23. The molecule has 0 aromatic heterocycles. The zero-order valence-electron chi connectivity index (χ0n) is 13.7. The number of hydrogen-bond donors (Lipinski definition) is 2. The number of fused-ring (bicyclic) bond motifs is 2. The molecular weight excluding hydrogens is 310 g/mol. The van der Waals surface area contributed by atoms with Crippen LogP contribution in [0.25, 0.3) is 0 Å². The number of piperazine rings is 1. The molecule has 2 aliphatic heterocycles. The Balaban J connectivity index is 1.51. The Labute approximate surface area is 141 Å². The number of likely N-dealkylation sites (tertiary alicyclic amines) is 1. The molecule has 1 amide bonds. The second kappa shape index (κ2) is 7.63. The number of benzene rings is 1. The van der Waals surface area contributed by atoms with E-state index in [1.165, 1.54) is 7.11 Å². The van der Waals surface area contributed by atoms with Crippen molar-refractivity contribution in [2.24, 2.45) is 0 Å². The minimum Gasteiger partial charge on any atom is -0.467 e.